The zero-order valence-corrected chi connectivity index (χ0v) is 16.7. The van der Waals surface area contributed by atoms with Gasteiger partial charge in [0.2, 0.25) is 0 Å². The molecule has 3 aliphatic rings. The van der Waals surface area contributed by atoms with E-state index < -0.39 is 0 Å². The molecule has 2 aliphatic carbocycles. The Morgan fingerprint density at radius 2 is 2.04 bits per heavy atom. The van der Waals surface area contributed by atoms with E-state index in [-0.39, 0.29) is 35.2 Å². The van der Waals surface area contributed by atoms with Gasteiger partial charge in [-0.2, -0.15) is 0 Å². The van der Waals surface area contributed by atoms with Crippen molar-refractivity contribution in [1.29, 1.82) is 0 Å². The fraction of sp³-hybridized carbons (Fsp3) is 0.632. The Morgan fingerprint density at radius 3 is 2.58 bits per heavy atom. The van der Waals surface area contributed by atoms with E-state index in [2.05, 4.69) is 21.3 Å². The molecule has 1 heterocycles. The minimum Gasteiger partial charge on any atom is -0.355 e. The van der Waals surface area contributed by atoms with E-state index in [1.807, 2.05) is 13.1 Å². The molecule has 1 saturated heterocycles. The molecule has 1 aromatic rings. The molecule has 24 heavy (non-hydrogen) atoms. The molecule has 1 aliphatic heterocycles. The molecule has 3 nitrogen and oxygen atoms in total. The maximum Gasteiger partial charge on any atom is 0.193 e. The Morgan fingerprint density at radius 1 is 1.25 bits per heavy atom. The normalized spacial score (nSPS) is 23.6. The van der Waals surface area contributed by atoms with Gasteiger partial charge in [0, 0.05) is 32.1 Å². The highest BCUT2D eigenvalue weighted by atomic mass is 127. The lowest BCUT2D eigenvalue weighted by Crippen LogP contribution is -2.44. The Balaban J connectivity index is 0.00000169. The van der Waals surface area contributed by atoms with Crippen LogP contribution in [0.2, 0.25) is 0 Å². The molecule has 0 bridgehead atoms. The number of hydrogen-bond acceptors (Lipinski definition) is 1. The molecule has 5 heteroatoms. The molecular weight excluding hydrogens is 416 g/mol. The lowest BCUT2D eigenvalue weighted by Gasteiger charge is -2.38. The van der Waals surface area contributed by atoms with Crippen molar-refractivity contribution < 1.29 is 4.39 Å². The molecule has 0 unspecified atom stereocenters. The van der Waals surface area contributed by atoms with Gasteiger partial charge in [0.15, 0.2) is 5.96 Å². The summed E-state index contributed by atoms with van der Waals surface area (Å²) in [6, 6.07) is 7.09. The van der Waals surface area contributed by atoms with Gasteiger partial charge in [-0.1, -0.05) is 18.6 Å². The molecule has 1 spiro atoms. The lowest BCUT2D eigenvalue weighted by atomic mass is 9.68. The third kappa shape index (κ3) is 3.28. The Bertz CT molecular complexity index is 623. The summed E-state index contributed by atoms with van der Waals surface area (Å²) in [5.74, 6) is 0.890. The predicted molar refractivity (Wildman–Crippen MR) is 107 cm³/mol. The summed E-state index contributed by atoms with van der Waals surface area (Å²) in [6.45, 7) is 3.12. The first-order valence-corrected chi connectivity index (χ1v) is 8.87. The molecule has 1 aromatic carbocycles. The SMILES string of the molecule is CN=C(NCC1(c2cccc(F)c2)CC1)N1CCC2(CCC2)C1.I. The summed E-state index contributed by atoms with van der Waals surface area (Å²) in [7, 11) is 1.87. The van der Waals surface area contributed by atoms with Crippen LogP contribution in [-0.2, 0) is 5.41 Å². The van der Waals surface area contributed by atoms with Crippen LogP contribution < -0.4 is 5.32 Å². The minimum atomic E-state index is -0.135. The van der Waals surface area contributed by atoms with Crippen LogP contribution in [0.15, 0.2) is 29.3 Å². The number of likely N-dealkylation sites (tertiary alicyclic amines) is 1. The van der Waals surface area contributed by atoms with Crippen LogP contribution >= 0.6 is 24.0 Å². The zero-order chi connectivity index (χ0) is 15.9. The van der Waals surface area contributed by atoms with Crippen LogP contribution in [-0.4, -0.2) is 37.5 Å². The summed E-state index contributed by atoms with van der Waals surface area (Å²) < 4.78 is 13.5. The van der Waals surface area contributed by atoms with E-state index in [0.29, 0.717) is 5.41 Å². The second kappa shape index (κ2) is 6.81. The Labute approximate surface area is 161 Å². The Hall–Kier alpha value is -0.850. The van der Waals surface area contributed by atoms with E-state index in [0.717, 1.165) is 44.0 Å². The summed E-state index contributed by atoms with van der Waals surface area (Å²) in [5, 5.41) is 3.57. The third-order valence-corrected chi connectivity index (χ3v) is 6.24. The molecule has 4 rings (SSSR count). The van der Waals surface area contributed by atoms with Crippen LogP contribution in [0.25, 0.3) is 0 Å². The number of hydrogen-bond donors (Lipinski definition) is 1. The number of benzene rings is 1. The van der Waals surface area contributed by atoms with Crippen molar-refractivity contribution >= 4 is 29.9 Å². The van der Waals surface area contributed by atoms with Crippen LogP contribution in [0.4, 0.5) is 4.39 Å². The first-order valence-electron chi connectivity index (χ1n) is 8.87. The molecule has 2 saturated carbocycles. The monoisotopic (exact) mass is 443 g/mol. The summed E-state index contributed by atoms with van der Waals surface area (Å²) in [6.07, 6.45) is 7.72. The molecule has 3 fully saturated rings. The minimum absolute atomic E-state index is 0. The van der Waals surface area contributed by atoms with E-state index in [1.165, 1.54) is 31.7 Å². The standard InChI is InChI=1S/C19H26FN3.HI/c1-21-17(23-11-10-18(14-23)6-3-7-18)22-13-19(8-9-19)15-4-2-5-16(20)12-15;/h2,4-5,12H,3,6-11,13-14H2,1H3,(H,21,22);1H. The second-order valence-corrected chi connectivity index (χ2v) is 7.72. The van der Waals surface area contributed by atoms with Gasteiger partial charge in [0.05, 0.1) is 0 Å². The van der Waals surface area contributed by atoms with Gasteiger partial charge < -0.3 is 10.2 Å². The first-order chi connectivity index (χ1) is 11.1. The molecule has 0 amide bonds. The smallest absolute Gasteiger partial charge is 0.193 e. The topological polar surface area (TPSA) is 27.6 Å². The fourth-order valence-electron chi connectivity index (χ4n) is 4.32. The van der Waals surface area contributed by atoms with Crippen molar-refractivity contribution in [1.82, 2.24) is 10.2 Å². The molecule has 0 aromatic heterocycles. The van der Waals surface area contributed by atoms with Crippen molar-refractivity contribution in [2.45, 2.75) is 43.9 Å². The molecular formula is C19H27FIN3. The van der Waals surface area contributed by atoms with Gasteiger partial charge in [0.25, 0.3) is 0 Å². The molecule has 1 N–H and O–H groups in total. The first kappa shape index (κ1) is 18.0. The number of nitrogens with zero attached hydrogens (tertiary/aromatic N) is 2. The van der Waals surface area contributed by atoms with Gasteiger partial charge in [0.1, 0.15) is 5.82 Å². The van der Waals surface area contributed by atoms with Crippen molar-refractivity contribution in [2.75, 3.05) is 26.7 Å². The number of aliphatic imine (C=N–C) groups is 1. The van der Waals surface area contributed by atoms with Gasteiger partial charge in [-0.25, -0.2) is 4.39 Å². The van der Waals surface area contributed by atoms with Gasteiger partial charge >= 0.3 is 0 Å². The zero-order valence-electron chi connectivity index (χ0n) is 14.4. The highest BCUT2D eigenvalue weighted by Gasteiger charge is 2.46. The van der Waals surface area contributed by atoms with E-state index >= 15 is 0 Å². The van der Waals surface area contributed by atoms with Crippen LogP contribution in [0.5, 0.6) is 0 Å². The highest BCUT2D eigenvalue weighted by molar-refractivity contribution is 14.0. The van der Waals surface area contributed by atoms with Crippen LogP contribution in [0, 0.1) is 11.2 Å². The summed E-state index contributed by atoms with van der Waals surface area (Å²) in [5.41, 5.74) is 1.81. The quantitative estimate of drug-likeness (QED) is 0.436. The lowest BCUT2D eigenvalue weighted by molar-refractivity contribution is 0.151. The number of halogens is 2. The van der Waals surface area contributed by atoms with Crippen molar-refractivity contribution in [3.63, 3.8) is 0 Å². The second-order valence-electron chi connectivity index (χ2n) is 7.72. The number of nitrogens with one attached hydrogen (secondary N) is 1. The maximum atomic E-state index is 13.5. The fourth-order valence-corrected chi connectivity index (χ4v) is 4.32. The van der Waals surface area contributed by atoms with Gasteiger partial charge in [-0.15, -0.1) is 24.0 Å². The van der Waals surface area contributed by atoms with E-state index in [9.17, 15) is 4.39 Å². The average Bonchev–Trinajstić information content (AvgIpc) is 3.17. The van der Waals surface area contributed by atoms with Crippen molar-refractivity contribution in [2.24, 2.45) is 10.4 Å². The third-order valence-electron chi connectivity index (χ3n) is 6.24. The summed E-state index contributed by atoms with van der Waals surface area (Å²) >= 11 is 0. The molecule has 0 atom stereocenters. The van der Waals surface area contributed by atoms with Crippen LogP contribution in [0.3, 0.4) is 0 Å². The average molecular weight is 443 g/mol. The maximum absolute atomic E-state index is 13.5. The number of rotatable bonds is 3. The van der Waals surface area contributed by atoms with Crippen LogP contribution in [0.1, 0.15) is 44.1 Å². The van der Waals surface area contributed by atoms with Crippen molar-refractivity contribution in [3.8, 4) is 0 Å². The van der Waals surface area contributed by atoms with Crippen molar-refractivity contribution in [3.05, 3.63) is 35.6 Å². The van der Waals surface area contributed by atoms with Gasteiger partial charge in [-0.05, 0) is 55.2 Å². The predicted octanol–water partition coefficient (Wildman–Crippen LogP) is 3.93. The van der Waals surface area contributed by atoms with E-state index in [4.69, 9.17) is 0 Å². The number of guanidine groups is 1. The van der Waals surface area contributed by atoms with E-state index in [1.54, 1.807) is 6.07 Å². The molecule has 0 radical (unpaired) electrons. The largest absolute Gasteiger partial charge is 0.355 e. The molecule has 132 valence electrons. The highest BCUT2D eigenvalue weighted by Crippen LogP contribution is 2.49. The Kier molecular flexibility index (Phi) is 5.09. The van der Waals surface area contributed by atoms with Gasteiger partial charge in [-0.3, -0.25) is 4.99 Å². The summed E-state index contributed by atoms with van der Waals surface area (Å²) in [4.78, 5) is 6.91.